The molecular formula is C46H29N3S. The van der Waals surface area contributed by atoms with E-state index in [-0.39, 0.29) is 0 Å². The van der Waals surface area contributed by atoms with Crippen molar-refractivity contribution in [2.75, 3.05) is 0 Å². The molecule has 0 aliphatic rings. The first-order valence-electron chi connectivity index (χ1n) is 16.8. The summed E-state index contributed by atoms with van der Waals surface area (Å²) in [6.45, 7) is 0. The van der Waals surface area contributed by atoms with Gasteiger partial charge in [0.1, 0.15) is 0 Å². The van der Waals surface area contributed by atoms with E-state index >= 15 is 0 Å². The molecule has 50 heavy (non-hydrogen) atoms. The van der Waals surface area contributed by atoms with Crippen molar-refractivity contribution in [1.29, 1.82) is 0 Å². The van der Waals surface area contributed by atoms with Crippen LogP contribution in [0.3, 0.4) is 0 Å². The Hall–Kier alpha value is -6.36. The second-order valence-corrected chi connectivity index (χ2v) is 13.7. The summed E-state index contributed by atoms with van der Waals surface area (Å²) in [5.74, 6) is 0.650. The van der Waals surface area contributed by atoms with Gasteiger partial charge in [-0.05, 0) is 46.5 Å². The minimum Gasteiger partial charge on any atom is -0.278 e. The zero-order valence-electron chi connectivity index (χ0n) is 27.0. The maximum atomic E-state index is 5.31. The van der Waals surface area contributed by atoms with Crippen LogP contribution in [0, 0.1) is 0 Å². The molecule has 0 amide bonds. The summed E-state index contributed by atoms with van der Waals surface area (Å²) in [6, 6.07) is 62.5. The zero-order valence-corrected chi connectivity index (χ0v) is 27.8. The van der Waals surface area contributed by atoms with E-state index in [0.29, 0.717) is 5.95 Å². The molecule has 0 aliphatic heterocycles. The molecule has 0 radical (unpaired) electrons. The standard InChI is InChI=1S/C46H29N3S/c1-3-12-30(13-4-1)31-22-24-33(25-23-31)41-29-40(32-14-5-2-6-15-32)47-46(48-41)49-42-20-9-7-16-36(42)37-27-26-34(28-43(37)49)35-18-11-19-39-38-17-8-10-21-44(38)50-45(35)39/h1-29H. The molecular weight excluding hydrogens is 627 g/mol. The molecule has 0 unspecified atom stereocenters. The molecule has 0 fully saturated rings. The van der Waals surface area contributed by atoms with E-state index in [2.05, 4.69) is 168 Å². The minimum absolute atomic E-state index is 0.650. The molecule has 4 heteroatoms. The lowest BCUT2D eigenvalue weighted by atomic mass is 10.0. The lowest BCUT2D eigenvalue weighted by Gasteiger charge is -2.13. The smallest absolute Gasteiger partial charge is 0.235 e. The monoisotopic (exact) mass is 655 g/mol. The molecule has 0 bridgehead atoms. The molecule has 10 rings (SSSR count). The minimum atomic E-state index is 0.650. The third-order valence-electron chi connectivity index (χ3n) is 9.66. The highest BCUT2D eigenvalue weighted by Crippen LogP contribution is 2.42. The van der Waals surface area contributed by atoms with Crippen molar-refractivity contribution in [3.8, 4) is 50.7 Å². The topological polar surface area (TPSA) is 30.7 Å². The van der Waals surface area contributed by atoms with Crippen molar-refractivity contribution in [1.82, 2.24) is 14.5 Å². The van der Waals surface area contributed by atoms with Crippen molar-refractivity contribution >= 4 is 53.3 Å². The fraction of sp³-hybridized carbons (Fsp3) is 0. The molecule has 234 valence electrons. The summed E-state index contributed by atoms with van der Waals surface area (Å²) in [5.41, 5.74) is 10.8. The number of thiophene rings is 1. The normalized spacial score (nSPS) is 11.6. The number of fused-ring (bicyclic) bond motifs is 6. The third-order valence-corrected chi connectivity index (χ3v) is 10.9. The van der Waals surface area contributed by atoms with Gasteiger partial charge in [0.2, 0.25) is 5.95 Å². The number of hydrogen-bond acceptors (Lipinski definition) is 3. The largest absolute Gasteiger partial charge is 0.278 e. The summed E-state index contributed by atoms with van der Waals surface area (Å²) >= 11 is 1.86. The molecule has 0 aliphatic carbocycles. The first kappa shape index (κ1) is 28.6. The van der Waals surface area contributed by atoms with E-state index in [9.17, 15) is 0 Å². The van der Waals surface area contributed by atoms with Gasteiger partial charge in [-0.25, -0.2) is 9.97 Å². The van der Waals surface area contributed by atoms with E-state index in [1.165, 1.54) is 53.2 Å². The van der Waals surface area contributed by atoms with Crippen LogP contribution < -0.4 is 0 Å². The Balaban J connectivity index is 1.20. The molecule has 10 aromatic rings. The number of rotatable bonds is 5. The van der Waals surface area contributed by atoms with Gasteiger partial charge in [0.05, 0.1) is 22.4 Å². The lowest BCUT2D eigenvalue weighted by molar-refractivity contribution is 0.996. The summed E-state index contributed by atoms with van der Waals surface area (Å²) in [7, 11) is 0. The Bertz CT molecular complexity index is 2850. The van der Waals surface area contributed by atoms with Gasteiger partial charge in [-0.2, -0.15) is 0 Å². The Kier molecular flexibility index (Phi) is 6.68. The third kappa shape index (κ3) is 4.73. The fourth-order valence-electron chi connectivity index (χ4n) is 7.23. The first-order valence-corrected chi connectivity index (χ1v) is 17.6. The molecule has 3 heterocycles. The summed E-state index contributed by atoms with van der Waals surface area (Å²) < 4.78 is 4.85. The van der Waals surface area contributed by atoms with Gasteiger partial charge in [0, 0.05) is 42.1 Å². The van der Waals surface area contributed by atoms with E-state index in [1.807, 2.05) is 23.5 Å². The Morgan fingerprint density at radius 1 is 0.380 bits per heavy atom. The van der Waals surface area contributed by atoms with Gasteiger partial charge in [-0.3, -0.25) is 4.57 Å². The number of benzene rings is 7. The predicted molar refractivity (Wildman–Crippen MR) is 211 cm³/mol. The maximum absolute atomic E-state index is 5.31. The summed E-state index contributed by atoms with van der Waals surface area (Å²) in [4.78, 5) is 10.6. The average molecular weight is 656 g/mol. The molecule has 0 saturated heterocycles. The lowest BCUT2D eigenvalue weighted by Crippen LogP contribution is -2.04. The van der Waals surface area contributed by atoms with Crippen molar-refractivity contribution in [3.63, 3.8) is 0 Å². The van der Waals surface area contributed by atoms with Gasteiger partial charge >= 0.3 is 0 Å². The van der Waals surface area contributed by atoms with Gasteiger partial charge < -0.3 is 0 Å². The molecule has 3 aromatic heterocycles. The highest BCUT2D eigenvalue weighted by Gasteiger charge is 2.19. The van der Waals surface area contributed by atoms with E-state index in [1.54, 1.807) is 0 Å². The average Bonchev–Trinajstić information content (AvgIpc) is 3.74. The molecule has 0 saturated carbocycles. The van der Waals surface area contributed by atoms with Gasteiger partial charge in [-0.1, -0.05) is 152 Å². The number of nitrogens with zero attached hydrogens (tertiary/aromatic N) is 3. The quantitative estimate of drug-likeness (QED) is 0.185. The number of aromatic nitrogens is 3. The summed E-state index contributed by atoms with van der Waals surface area (Å²) in [6.07, 6.45) is 0. The van der Waals surface area contributed by atoms with Gasteiger partial charge in [0.25, 0.3) is 0 Å². The van der Waals surface area contributed by atoms with Crippen LogP contribution in [-0.2, 0) is 0 Å². The molecule has 0 atom stereocenters. The molecule has 7 aromatic carbocycles. The van der Waals surface area contributed by atoms with Crippen LogP contribution in [0.5, 0.6) is 0 Å². The Morgan fingerprint density at radius 2 is 0.940 bits per heavy atom. The van der Waals surface area contributed by atoms with Crippen molar-refractivity contribution in [2.45, 2.75) is 0 Å². The second kappa shape index (κ2) is 11.7. The fourth-order valence-corrected chi connectivity index (χ4v) is 8.47. The van der Waals surface area contributed by atoms with Gasteiger partial charge in [0.15, 0.2) is 0 Å². The van der Waals surface area contributed by atoms with Crippen LogP contribution in [0.1, 0.15) is 0 Å². The van der Waals surface area contributed by atoms with Crippen molar-refractivity contribution in [3.05, 3.63) is 176 Å². The predicted octanol–water partition coefficient (Wildman–Crippen LogP) is 12.6. The van der Waals surface area contributed by atoms with E-state index < -0.39 is 0 Å². The maximum Gasteiger partial charge on any atom is 0.235 e. The van der Waals surface area contributed by atoms with E-state index in [0.717, 1.165) is 33.5 Å². The Labute approximate surface area is 293 Å². The van der Waals surface area contributed by atoms with Crippen LogP contribution in [0.15, 0.2) is 176 Å². The van der Waals surface area contributed by atoms with Crippen molar-refractivity contribution in [2.24, 2.45) is 0 Å². The van der Waals surface area contributed by atoms with Crippen LogP contribution >= 0.6 is 11.3 Å². The molecule has 3 nitrogen and oxygen atoms in total. The highest BCUT2D eigenvalue weighted by atomic mass is 32.1. The number of para-hydroxylation sites is 1. The first-order chi connectivity index (χ1) is 24.8. The van der Waals surface area contributed by atoms with Crippen LogP contribution in [0.2, 0.25) is 0 Å². The second-order valence-electron chi connectivity index (χ2n) is 12.6. The molecule has 0 spiro atoms. The van der Waals surface area contributed by atoms with E-state index in [4.69, 9.17) is 9.97 Å². The van der Waals surface area contributed by atoms with Crippen molar-refractivity contribution < 1.29 is 0 Å². The SMILES string of the molecule is c1ccc(-c2ccc(-c3cc(-c4ccccc4)nc(-n4c5ccccc5c5ccc(-c6cccc7c6sc6ccccc67)cc54)n3)cc2)cc1. The number of hydrogen-bond donors (Lipinski definition) is 0. The Morgan fingerprint density at radius 3 is 1.72 bits per heavy atom. The van der Waals surface area contributed by atoms with Crippen LogP contribution in [0.25, 0.3) is 92.7 Å². The van der Waals surface area contributed by atoms with Crippen LogP contribution in [0.4, 0.5) is 0 Å². The highest BCUT2D eigenvalue weighted by molar-refractivity contribution is 7.26. The van der Waals surface area contributed by atoms with Gasteiger partial charge in [-0.15, -0.1) is 11.3 Å². The summed E-state index contributed by atoms with van der Waals surface area (Å²) in [5, 5.41) is 4.96. The zero-order chi connectivity index (χ0) is 33.0. The van der Waals surface area contributed by atoms with Crippen LogP contribution in [-0.4, -0.2) is 14.5 Å². The molecule has 0 N–H and O–H groups in total.